The van der Waals surface area contributed by atoms with Gasteiger partial charge >= 0.3 is 5.69 Å². The molecule has 8 heteroatoms. The van der Waals surface area contributed by atoms with Gasteiger partial charge in [-0.1, -0.05) is 6.07 Å². The Morgan fingerprint density at radius 2 is 2.12 bits per heavy atom. The number of rotatable bonds is 4. The Morgan fingerprint density at radius 1 is 1.32 bits per heavy atom. The summed E-state index contributed by atoms with van der Waals surface area (Å²) in [5.41, 5.74) is 2.96. The van der Waals surface area contributed by atoms with Crippen LogP contribution >= 0.6 is 0 Å². The fourth-order valence-corrected chi connectivity index (χ4v) is 3.18. The summed E-state index contributed by atoms with van der Waals surface area (Å²) in [5.74, 6) is 0.613. The number of fused-ring (bicyclic) bond motifs is 3. The van der Waals surface area contributed by atoms with Crippen molar-refractivity contribution >= 4 is 22.5 Å². The van der Waals surface area contributed by atoms with Crippen LogP contribution in [0.1, 0.15) is 19.4 Å². The van der Waals surface area contributed by atoms with E-state index in [2.05, 4.69) is 31.5 Å². The number of nitrogens with zero attached hydrogens (tertiary/aromatic N) is 4. The molecular weight excluding hydrogens is 320 g/mol. The molecule has 0 bridgehead atoms. The van der Waals surface area contributed by atoms with Crippen LogP contribution in [0.4, 0.5) is 5.82 Å². The first-order valence-electron chi connectivity index (χ1n) is 8.58. The molecule has 0 unspecified atom stereocenters. The van der Waals surface area contributed by atoms with Gasteiger partial charge in [-0.3, -0.25) is 4.90 Å². The van der Waals surface area contributed by atoms with Gasteiger partial charge in [-0.25, -0.2) is 19.3 Å². The number of H-pyrrole nitrogens is 1. The van der Waals surface area contributed by atoms with Crippen LogP contribution in [0, 0.1) is 0 Å². The van der Waals surface area contributed by atoms with Crippen molar-refractivity contribution in [3.63, 3.8) is 0 Å². The predicted molar refractivity (Wildman–Crippen MR) is 96.0 cm³/mol. The van der Waals surface area contributed by atoms with Gasteiger partial charge in [-0.15, -0.1) is 5.10 Å². The smallest absolute Gasteiger partial charge is 0.348 e. The Labute approximate surface area is 144 Å². The highest BCUT2D eigenvalue weighted by Gasteiger charge is 2.15. The van der Waals surface area contributed by atoms with Crippen LogP contribution < -0.4 is 11.0 Å². The van der Waals surface area contributed by atoms with E-state index in [0.29, 0.717) is 11.5 Å². The highest BCUT2D eigenvalue weighted by molar-refractivity contribution is 5.83. The lowest BCUT2D eigenvalue weighted by Gasteiger charge is -2.26. The molecule has 1 aliphatic rings. The number of hydrogen-bond acceptors (Lipinski definition) is 6. The van der Waals surface area contributed by atoms with Crippen molar-refractivity contribution in [3.8, 4) is 0 Å². The zero-order valence-corrected chi connectivity index (χ0v) is 14.5. The van der Waals surface area contributed by atoms with Crippen molar-refractivity contribution in [2.75, 3.05) is 31.6 Å². The van der Waals surface area contributed by atoms with Crippen LogP contribution in [0.3, 0.4) is 0 Å². The van der Waals surface area contributed by atoms with Crippen molar-refractivity contribution < 1.29 is 4.74 Å². The topological polar surface area (TPSA) is 87.5 Å². The van der Waals surface area contributed by atoms with E-state index < -0.39 is 0 Å². The third-order valence-electron chi connectivity index (χ3n) is 4.33. The lowest BCUT2D eigenvalue weighted by molar-refractivity contribution is 0.0342. The zero-order valence-electron chi connectivity index (χ0n) is 14.5. The van der Waals surface area contributed by atoms with Gasteiger partial charge in [0.05, 0.1) is 24.2 Å². The summed E-state index contributed by atoms with van der Waals surface area (Å²) < 4.78 is 6.99. The summed E-state index contributed by atoms with van der Waals surface area (Å²) >= 11 is 0. The predicted octanol–water partition coefficient (Wildman–Crippen LogP) is 1.22. The lowest BCUT2D eigenvalue weighted by Crippen LogP contribution is -2.35. The number of ether oxygens (including phenoxy) is 1. The van der Waals surface area contributed by atoms with Gasteiger partial charge in [-0.2, -0.15) is 0 Å². The summed E-state index contributed by atoms with van der Waals surface area (Å²) in [6.45, 7) is 8.27. The molecule has 132 valence electrons. The fraction of sp³-hybridized carbons (Fsp3) is 0.471. The Balaban J connectivity index is 1.80. The molecule has 2 N–H and O–H groups in total. The first-order valence-corrected chi connectivity index (χ1v) is 8.58. The number of benzene rings is 1. The molecular formula is C17H22N6O2. The number of anilines is 1. The molecule has 1 aromatic carbocycles. The molecule has 0 amide bonds. The van der Waals surface area contributed by atoms with Crippen LogP contribution in [0.25, 0.3) is 16.7 Å². The standard InChI is InChI=1S/C17H22N6O2/c1-11(2)18-15-16-20-21-17(24)23(16)14-9-12(3-4-13(14)19-15)10-22-5-7-25-8-6-22/h3-4,9,11H,5-8,10H2,1-2H3,(H,18,19)(H,21,24). The average molecular weight is 342 g/mol. The van der Waals surface area contributed by atoms with Crippen molar-refractivity contribution in [1.82, 2.24) is 24.5 Å². The van der Waals surface area contributed by atoms with Gasteiger partial charge in [0.1, 0.15) is 0 Å². The summed E-state index contributed by atoms with van der Waals surface area (Å²) in [7, 11) is 0. The second kappa shape index (κ2) is 6.45. The zero-order chi connectivity index (χ0) is 17.4. The molecule has 1 fully saturated rings. The van der Waals surface area contributed by atoms with E-state index in [9.17, 15) is 4.79 Å². The number of nitrogens with one attached hydrogen (secondary N) is 2. The second-order valence-electron chi connectivity index (χ2n) is 6.66. The molecule has 0 spiro atoms. The summed E-state index contributed by atoms with van der Waals surface area (Å²) in [5, 5.41) is 9.93. The molecule has 3 heterocycles. The number of aromatic amines is 1. The second-order valence-corrected chi connectivity index (χ2v) is 6.66. The molecule has 0 aliphatic carbocycles. The molecule has 0 radical (unpaired) electrons. The number of morpholine rings is 1. The maximum Gasteiger partial charge on any atom is 0.348 e. The Kier molecular flexibility index (Phi) is 4.14. The maximum atomic E-state index is 12.3. The summed E-state index contributed by atoms with van der Waals surface area (Å²) in [6.07, 6.45) is 0. The molecule has 4 rings (SSSR count). The van der Waals surface area contributed by atoms with Gasteiger partial charge < -0.3 is 10.1 Å². The molecule has 3 aromatic rings. The van der Waals surface area contributed by atoms with Crippen LogP contribution in [-0.2, 0) is 11.3 Å². The minimum atomic E-state index is -0.252. The molecule has 25 heavy (non-hydrogen) atoms. The first-order chi connectivity index (χ1) is 12.1. The third-order valence-corrected chi connectivity index (χ3v) is 4.33. The molecule has 8 nitrogen and oxygen atoms in total. The largest absolute Gasteiger partial charge is 0.379 e. The molecule has 1 saturated heterocycles. The minimum Gasteiger partial charge on any atom is -0.379 e. The SMILES string of the molecule is CC(C)Nc1nc2ccc(CN3CCOCC3)cc2n2c(=O)[nH]nc12. The Hall–Kier alpha value is -2.45. The van der Waals surface area contributed by atoms with Crippen LogP contribution in [0.2, 0.25) is 0 Å². The average Bonchev–Trinajstić information content (AvgIpc) is 2.98. The quantitative estimate of drug-likeness (QED) is 0.741. The minimum absolute atomic E-state index is 0.196. The van der Waals surface area contributed by atoms with Crippen molar-refractivity contribution in [2.24, 2.45) is 0 Å². The van der Waals surface area contributed by atoms with E-state index in [4.69, 9.17) is 4.74 Å². The molecule has 2 aromatic heterocycles. The number of aromatic nitrogens is 4. The van der Waals surface area contributed by atoms with E-state index in [1.165, 1.54) is 0 Å². The Bertz CT molecular complexity index is 955. The highest BCUT2D eigenvalue weighted by atomic mass is 16.5. The van der Waals surface area contributed by atoms with Gasteiger partial charge in [0.25, 0.3) is 0 Å². The maximum absolute atomic E-state index is 12.3. The fourth-order valence-electron chi connectivity index (χ4n) is 3.18. The van der Waals surface area contributed by atoms with Crippen molar-refractivity contribution in [2.45, 2.75) is 26.4 Å². The molecule has 1 aliphatic heterocycles. The normalized spacial score (nSPS) is 16.1. The van der Waals surface area contributed by atoms with Crippen LogP contribution in [-0.4, -0.2) is 56.8 Å². The molecule has 0 atom stereocenters. The highest BCUT2D eigenvalue weighted by Crippen LogP contribution is 2.21. The third kappa shape index (κ3) is 3.10. The summed E-state index contributed by atoms with van der Waals surface area (Å²) in [6, 6.07) is 6.26. The van der Waals surface area contributed by atoms with E-state index in [0.717, 1.165) is 49.4 Å². The van der Waals surface area contributed by atoms with Gasteiger partial charge in [0.2, 0.25) is 5.65 Å². The van der Waals surface area contributed by atoms with Gasteiger partial charge in [0.15, 0.2) is 5.82 Å². The van der Waals surface area contributed by atoms with E-state index in [1.54, 1.807) is 4.40 Å². The van der Waals surface area contributed by atoms with E-state index in [-0.39, 0.29) is 11.7 Å². The number of hydrogen-bond donors (Lipinski definition) is 2. The summed E-state index contributed by atoms with van der Waals surface area (Å²) in [4.78, 5) is 19.3. The first kappa shape index (κ1) is 16.0. The van der Waals surface area contributed by atoms with Crippen LogP contribution in [0.15, 0.2) is 23.0 Å². The van der Waals surface area contributed by atoms with E-state index in [1.807, 2.05) is 26.0 Å². The van der Waals surface area contributed by atoms with Crippen LogP contribution in [0.5, 0.6) is 0 Å². The monoisotopic (exact) mass is 342 g/mol. The van der Waals surface area contributed by atoms with Crippen molar-refractivity contribution in [1.29, 1.82) is 0 Å². The Morgan fingerprint density at radius 3 is 2.88 bits per heavy atom. The van der Waals surface area contributed by atoms with Crippen molar-refractivity contribution in [3.05, 3.63) is 34.2 Å². The van der Waals surface area contributed by atoms with Gasteiger partial charge in [-0.05, 0) is 31.5 Å². The van der Waals surface area contributed by atoms with E-state index >= 15 is 0 Å². The molecule has 0 saturated carbocycles. The lowest BCUT2D eigenvalue weighted by atomic mass is 10.1. The van der Waals surface area contributed by atoms with Gasteiger partial charge in [0, 0.05) is 25.7 Å².